The Hall–Kier alpha value is -0.120. The first kappa shape index (κ1) is 13.3. The van der Waals surface area contributed by atoms with Crippen LogP contribution in [0.4, 0.5) is 0 Å². The molecule has 0 bridgehead atoms. The summed E-state index contributed by atoms with van der Waals surface area (Å²) >= 11 is 7.02. The lowest BCUT2D eigenvalue weighted by atomic mass is 9.94. The molecule has 1 nitrogen and oxygen atoms in total. The van der Waals surface area contributed by atoms with Crippen molar-refractivity contribution in [2.75, 3.05) is 6.54 Å². The van der Waals surface area contributed by atoms with Crippen molar-refractivity contribution < 1.29 is 0 Å². The summed E-state index contributed by atoms with van der Waals surface area (Å²) in [6, 6.07) is 6.41. The van der Waals surface area contributed by atoms with Gasteiger partial charge in [-0.3, -0.25) is 0 Å². The molecule has 1 aliphatic carbocycles. The van der Waals surface area contributed by atoms with E-state index >= 15 is 0 Å². The lowest BCUT2D eigenvalue weighted by Gasteiger charge is -2.18. The van der Waals surface area contributed by atoms with Gasteiger partial charge in [0.1, 0.15) is 0 Å². The van der Waals surface area contributed by atoms with Crippen LogP contribution in [0.15, 0.2) is 39.3 Å². The molecule has 0 saturated heterocycles. The molecule has 0 saturated carbocycles. The number of rotatable bonds is 4. The van der Waals surface area contributed by atoms with Gasteiger partial charge in [0.25, 0.3) is 0 Å². The minimum absolute atomic E-state index is 0.818. The summed E-state index contributed by atoms with van der Waals surface area (Å²) in [4.78, 5) is 0. The zero-order valence-electron chi connectivity index (χ0n) is 9.76. The van der Waals surface area contributed by atoms with Crippen LogP contribution in [0.1, 0.15) is 24.8 Å². The second-order valence-electron chi connectivity index (χ2n) is 4.53. The molecule has 0 radical (unpaired) electrons. The van der Waals surface area contributed by atoms with Crippen LogP contribution >= 0.6 is 31.9 Å². The molecule has 0 aromatic heterocycles. The van der Waals surface area contributed by atoms with Gasteiger partial charge < -0.3 is 5.32 Å². The largest absolute Gasteiger partial charge is 0.312 e. The number of halogens is 2. The molecule has 2 rings (SSSR count). The van der Waals surface area contributed by atoms with E-state index in [1.165, 1.54) is 24.8 Å². The first-order valence-corrected chi connectivity index (χ1v) is 7.64. The summed E-state index contributed by atoms with van der Waals surface area (Å²) in [6.07, 6.45) is 8.41. The van der Waals surface area contributed by atoms with Crippen LogP contribution in [0.5, 0.6) is 0 Å². The quantitative estimate of drug-likeness (QED) is 0.772. The van der Waals surface area contributed by atoms with Gasteiger partial charge in [-0.1, -0.05) is 18.2 Å². The molecule has 0 spiro atoms. The molecule has 1 atom stereocenters. The third kappa shape index (κ3) is 4.23. The van der Waals surface area contributed by atoms with E-state index in [9.17, 15) is 0 Å². The number of hydrogen-bond donors (Lipinski definition) is 1. The first-order chi connectivity index (χ1) is 8.25. The Labute approximate surface area is 120 Å². The van der Waals surface area contributed by atoms with Crippen molar-refractivity contribution in [3.8, 4) is 0 Å². The van der Waals surface area contributed by atoms with Crippen LogP contribution in [0, 0.1) is 5.92 Å². The zero-order chi connectivity index (χ0) is 12.1. The Morgan fingerprint density at radius 1 is 1.18 bits per heavy atom. The van der Waals surface area contributed by atoms with Gasteiger partial charge in [-0.25, -0.2) is 0 Å². The van der Waals surface area contributed by atoms with E-state index < -0.39 is 0 Å². The molecule has 0 amide bonds. The molecule has 1 N–H and O–H groups in total. The summed E-state index contributed by atoms with van der Waals surface area (Å²) in [6.45, 7) is 2.07. The number of nitrogens with one attached hydrogen (secondary N) is 1. The van der Waals surface area contributed by atoms with Crippen LogP contribution in [0.25, 0.3) is 0 Å². The van der Waals surface area contributed by atoms with E-state index in [0.717, 1.165) is 28.0 Å². The molecule has 1 aliphatic rings. The molecule has 0 heterocycles. The van der Waals surface area contributed by atoms with Crippen LogP contribution in [-0.4, -0.2) is 6.54 Å². The molecule has 3 heteroatoms. The van der Waals surface area contributed by atoms with E-state index in [1.807, 2.05) is 0 Å². The number of allylic oxidation sites excluding steroid dienone is 2. The van der Waals surface area contributed by atoms with Crippen molar-refractivity contribution in [3.63, 3.8) is 0 Å². The first-order valence-electron chi connectivity index (χ1n) is 6.05. The van der Waals surface area contributed by atoms with Crippen LogP contribution < -0.4 is 5.32 Å². The molecule has 92 valence electrons. The van der Waals surface area contributed by atoms with Gasteiger partial charge in [0.2, 0.25) is 0 Å². The fourth-order valence-corrected chi connectivity index (χ4v) is 2.78. The summed E-state index contributed by atoms with van der Waals surface area (Å²) in [5.74, 6) is 0.818. The van der Waals surface area contributed by atoms with Crippen molar-refractivity contribution in [1.29, 1.82) is 0 Å². The maximum atomic E-state index is 3.55. The van der Waals surface area contributed by atoms with Gasteiger partial charge in [-0.05, 0) is 81.3 Å². The van der Waals surface area contributed by atoms with Crippen LogP contribution in [0.3, 0.4) is 0 Å². The molecule has 1 aromatic carbocycles. The standard InChI is InChI=1S/C14H17Br2N/c15-13-7-6-12(8-14(13)16)10-17-9-11-4-2-1-3-5-11/h1-2,6-8,11,17H,3-5,9-10H2. The summed E-state index contributed by atoms with van der Waals surface area (Å²) in [7, 11) is 0. The van der Waals surface area contributed by atoms with Crippen molar-refractivity contribution >= 4 is 31.9 Å². The third-order valence-electron chi connectivity index (χ3n) is 3.12. The topological polar surface area (TPSA) is 12.0 Å². The summed E-state index contributed by atoms with van der Waals surface area (Å²) in [5, 5.41) is 3.55. The Bertz CT molecular complexity index is 401. The van der Waals surface area contributed by atoms with Crippen molar-refractivity contribution in [2.24, 2.45) is 5.92 Å². The smallest absolute Gasteiger partial charge is 0.0320 e. The van der Waals surface area contributed by atoms with Crippen LogP contribution in [0.2, 0.25) is 0 Å². The van der Waals surface area contributed by atoms with Crippen molar-refractivity contribution in [2.45, 2.75) is 25.8 Å². The highest BCUT2D eigenvalue weighted by atomic mass is 79.9. The average molecular weight is 359 g/mol. The van der Waals surface area contributed by atoms with Crippen LogP contribution in [-0.2, 0) is 6.54 Å². The predicted molar refractivity (Wildman–Crippen MR) is 80.0 cm³/mol. The summed E-state index contributed by atoms with van der Waals surface area (Å²) < 4.78 is 2.23. The Morgan fingerprint density at radius 2 is 2.06 bits per heavy atom. The molecule has 17 heavy (non-hydrogen) atoms. The van der Waals surface area contributed by atoms with Crippen molar-refractivity contribution in [1.82, 2.24) is 5.32 Å². The number of hydrogen-bond acceptors (Lipinski definition) is 1. The van der Waals surface area contributed by atoms with Crippen molar-refractivity contribution in [3.05, 3.63) is 44.9 Å². The van der Waals surface area contributed by atoms with Gasteiger partial charge in [-0.2, -0.15) is 0 Å². The fraction of sp³-hybridized carbons (Fsp3) is 0.429. The lowest BCUT2D eigenvalue weighted by molar-refractivity contribution is 0.440. The Balaban J connectivity index is 1.77. The van der Waals surface area contributed by atoms with Gasteiger partial charge in [-0.15, -0.1) is 0 Å². The highest BCUT2D eigenvalue weighted by Gasteiger charge is 2.08. The van der Waals surface area contributed by atoms with E-state index in [0.29, 0.717) is 0 Å². The predicted octanol–water partition coefficient (Wildman–Crippen LogP) is 4.66. The lowest BCUT2D eigenvalue weighted by Crippen LogP contribution is -2.23. The maximum Gasteiger partial charge on any atom is 0.0320 e. The normalized spacial score (nSPS) is 19.5. The monoisotopic (exact) mass is 357 g/mol. The van der Waals surface area contributed by atoms with Gasteiger partial charge in [0.15, 0.2) is 0 Å². The fourth-order valence-electron chi connectivity index (χ4n) is 2.11. The van der Waals surface area contributed by atoms with Gasteiger partial charge in [0, 0.05) is 15.5 Å². The SMILES string of the molecule is Brc1ccc(CNCC2CC=CCC2)cc1Br. The minimum atomic E-state index is 0.818. The molecule has 1 unspecified atom stereocenters. The van der Waals surface area contributed by atoms with Gasteiger partial charge >= 0.3 is 0 Å². The number of benzene rings is 1. The zero-order valence-corrected chi connectivity index (χ0v) is 12.9. The maximum absolute atomic E-state index is 3.55. The highest BCUT2D eigenvalue weighted by molar-refractivity contribution is 9.13. The minimum Gasteiger partial charge on any atom is -0.312 e. The van der Waals surface area contributed by atoms with E-state index in [2.05, 4.69) is 67.5 Å². The van der Waals surface area contributed by atoms with E-state index in [1.54, 1.807) is 0 Å². The molecular weight excluding hydrogens is 342 g/mol. The highest BCUT2D eigenvalue weighted by Crippen LogP contribution is 2.24. The molecular formula is C14H17Br2N. The third-order valence-corrected chi connectivity index (χ3v) is 5.00. The average Bonchev–Trinajstić information content (AvgIpc) is 2.35. The molecule has 1 aromatic rings. The second kappa shape index (κ2) is 6.72. The Kier molecular flexibility index (Phi) is 5.26. The van der Waals surface area contributed by atoms with Gasteiger partial charge in [0.05, 0.1) is 0 Å². The van der Waals surface area contributed by atoms with E-state index in [-0.39, 0.29) is 0 Å². The van der Waals surface area contributed by atoms with E-state index in [4.69, 9.17) is 0 Å². The molecule has 0 aliphatic heterocycles. The second-order valence-corrected chi connectivity index (χ2v) is 6.24. The Morgan fingerprint density at radius 3 is 2.76 bits per heavy atom. The molecule has 0 fully saturated rings. The summed E-state index contributed by atoms with van der Waals surface area (Å²) in [5.41, 5.74) is 1.33.